The van der Waals surface area contributed by atoms with Gasteiger partial charge in [0, 0.05) is 32.6 Å². The van der Waals surface area contributed by atoms with Crippen molar-refractivity contribution >= 4 is 23.8 Å². The first-order chi connectivity index (χ1) is 17.9. The molecule has 198 valence electrons. The molecular formula is C27H34N4O6. The van der Waals surface area contributed by atoms with E-state index < -0.39 is 18.0 Å². The number of benzene rings is 1. The van der Waals surface area contributed by atoms with Gasteiger partial charge >= 0.3 is 6.09 Å². The molecule has 1 aromatic heterocycles. The minimum absolute atomic E-state index is 0.0505. The van der Waals surface area contributed by atoms with Crippen LogP contribution >= 0.6 is 0 Å². The number of amides is 4. The molecule has 2 fully saturated rings. The fraction of sp³-hybridized carbons (Fsp3) is 0.481. The van der Waals surface area contributed by atoms with Crippen LogP contribution in [0.2, 0.25) is 0 Å². The molecule has 4 amide bonds. The molecule has 0 unspecified atom stereocenters. The summed E-state index contributed by atoms with van der Waals surface area (Å²) in [5.74, 6) is -0.502. The van der Waals surface area contributed by atoms with Crippen LogP contribution < -0.4 is 10.6 Å². The maximum absolute atomic E-state index is 13.5. The van der Waals surface area contributed by atoms with Gasteiger partial charge in [0.25, 0.3) is 5.91 Å². The third-order valence-corrected chi connectivity index (χ3v) is 7.22. The van der Waals surface area contributed by atoms with Crippen molar-refractivity contribution in [3.63, 3.8) is 0 Å². The normalized spacial score (nSPS) is 17.3. The third-order valence-electron chi connectivity index (χ3n) is 7.22. The molecule has 0 radical (unpaired) electrons. The first-order valence-corrected chi connectivity index (χ1v) is 12.7. The Morgan fingerprint density at radius 3 is 2.35 bits per heavy atom. The first kappa shape index (κ1) is 26.2. The Labute approximate surface area is 216 Å². The molecule has 1 aromatic carbocycles. The highest BCUT2D eigenvalue weighted by molar-refractivity contribution is 5.94. The number of ether oxygens (including phenoxy) is 1. The Balaban J connectivity index is 1.30. The fourth-order valence-electron chi connectivity index (χ4n) is 5.11. The minimum Gasteiger partial charge on any atom is -0.459 e. The lowest BCUT2D eigenvalue weighted by Crippen LogP contribution is -2.51. The Kier molecular flexibility index (Phi) is 8.47. The molecular weight excluding hydrogens is 476 g/mol. The molecule has 10 heteroatoms. The quantitative estimate of drug-likeness (QED) is 0.562. The molecule has 3 heterocycles. The zero-order valence-electron chi connectivity index (χ0n) is 21.1. The maximum Gasteiger partial charge on any atom is 0.407 e. The highest BCUT2D eigenvalue weighted by Crippen LogP contribution is 2.40. The van der Waals surface area contributed by atoms with Gasteiger partial charge in [-0.3, -0.25) is 14.4 Å². The van der Waals surface area contributed by atoms with E-state index in [-0.39, 0.29) is 36.1 Å². The van der Waals surface area contributed by atoms with Crippen molar-refractivity contribution in [2.45, 2.75) is 38.6 Å². The van der Waals surface area contributed by atoms with Gasteiger partial charge in [-0.05, 0) is 49.3 Å². The first-order valence-electron chi connectivity index (χ1n) is 12.7. The second-order valence-electron chi connectivity index (χ2n) is 9.66. The number of rotatable bonds is 8. The number of carbonyl (C=O) groups excluding carboxylic acids is 4. The molecule has 2 N–H and O–H groups in total. The van der Waals surface area contributed by atoms with Gasteiger partial charge in [-0.1, -0.05) is 30.3 Å². The predicted octanol–water partition coefficient (Wildman–Crippen LogP) is 2.21. The van der Waals surface area contributed by atoms with Crippen molar-refractivity contribution in [3.8, 4) is 0 Å². The number of furan rings is 1. The summed E-state index contributed by atoms with van der Waals surface area (Å²) in [6, 6.07) is 12.0. The van der Waals surface area contributed by atoms with Gasteiger partial charge in [-0.15, -0.1) is 0 Å². The number of nitrogens with one attached hydrogen (secondary N) is 2. The minimum atomic E-state index is -0.712. The highest BCUT2D eigenvalue weighted by atomic mass is 16.5. The number of alkyl carbamates (subject to hydrolysis) is 1. The number of hydrogen-bond acceptors (Lipinski definition) is 6. The van der Waals surface area contributed by atoms with Crippen molar-refractivity contribution in [2.24, 2.45) is 5.41 Å². The van der Waals surface area contributed by atoms with Crippen molar-refractivity contribution in [1.82, 2.24) is 20.4 Å². The topological polar surface area (TPSA) is 121 Å². The van der Waals surface area contributed by atoms with E-state index in [0.29, 0.717) is 32.6 Å². The number of hydrogen-bond donors (Lipinski definition) is 2. The Hall–Kier alpha value is -3.82. The summed E-state index contributed by atoms with van der Waals surface area (Å²) in [5, 5.41) is 5.34. The third kappa shape index (κ3) is 6.69. The molecule has 1 atom stereocenters. The van der Waals surface area contributed by atoms with Crippen LogP contribution in [0.15, 0.2) is 53.1 Å². The predicted molar refractivity (Wildman–Crippen MR) is 135 cm³/mol. The van der Waals surface area contributed by atoms with Gasteiger partial charge in [0.05, 0.1) is 19.4 Å². The molecule has 2 aliphatic rings. The van der Waals surface area contributed by atoms with Crippen LogP contribution in [-0.4, -0.2) is 79.0 Å². The largest absolute Gasteiger partial charge is 0.459 e. The van der Waals surface area contributed by atoms with Crippen LogP contribution in [-0.2, 0) is 20.7 Å². The van der Waals surface area contributed by atoms with Crippen molar-refractivity contribution in [1.29, 1.82) is 0 Å². The molecule has 37 heavy (non-hydrogen) atoms. The van der Waals surface area contributed by atoms with E-state index in [0.717, 1.165) is 24.8 Å². The van der Waals surface area contributed by atoms with E-state index in [4.69, 9.17) is 9.15 Å². The smallest absolute Gasteiger partial charge is 0.407 e. The molecule has 2 aromatic rings. The van der Waals surface area contributed by atoms with Crippen molar-refractivity contribution < 1.29 is 28.3 Å². The van der Waals surface area contributed by atoms with Crippen molar-refractivity contribution in [3.05, 3.63) is 60.1 Å². The summed E-state index contributed by atoms with van der Waals surface area (Å²) >= 11 is 0. The van der Waals surface area contributed by atoms with Crippen LogP contribution in [0.1, 0.15) is 42.3 Å². The van der Waals surface area contributed by atoms with E-state index >= 15 is 0 Å². The average Bonchev–Trinajstić information content (AvgIpc) is 3.59. The summed E-state index contributed by atoms with van der Waals surface area (Å²) in [7, 11) is 0. The van der Waals surface area contributed by atoms with Gasteiger partial charge in [-0.2, -0.15) is 0 Å². The van der Waals surface area contributed by atoms with Crippen LogP contribution in [0, 0.1) is 5.41 Å². The lowest BCUT2D eigenvalue weighted by atomic mass is 9.77. The summed E-state index contributed by atoms with van der Waals surface area (Å²) in [6.07, 6.45) is 3.61. The van der Waals surface area contributed by atoms with Gasteiger partial charge < -0.3 is 29.6 Å². The number of nitrogens with zero attached hydrogens (tertiary/aromatic N) is 2. The molecule has 4 rings (SSSR count). The highest BCUT2D eigenvalue weighted by Gasteiger charge is 2.44. The van der Waals surface area contributed by atoms with Gasteiger partial charge in [0.15, 0.2) is 5.76 Å². The number of likely N-dealkylation sites (tertiary alicyclic amines) is 2. The number of carbonyl (C=O) groups is 4. The second kappa shape index (κ2) is 11.9. The molecule has 2 aliphatic heterocycles. The van der Waals surface area contributed by atoms with Crippen LogP contribution in [0.5, 0.6) is 0 Å². The van der Waals surface area contributed by atoms with E-state index in [1.807, 2.05) is 35.2 Å². The standard InChI is InChI=1S/C27H34N4O6/c1-2-36-26(35)29-21(17-20-7-4-3-5-8-20)25(34)31-15-12-27(19-31)10-13-30(14-11-27)23(32)18-28-24(33)22-9-6-16-37-22/h3-9,16,21H,2,10-15,17-19H2,1H3,(H,28,33)(H,29,35)/t21-/m0/s1. The molecule has 0 bridgehead atoms. The Bertz CT molecular complexity index is 1080. The van der Waals surface area contributed by atoms with E-state index in [2.05, 4.69) is 10.6 Å². The van der Waals surface area contributed by atoms with Crippen LogP contribution in [0.25, 0.3) is 0 Å². The van der Waals surface area contributed by atoms with Gasteiger partial charge in [0.2, 0.25) is 11.8 Å². The lowest BCUT2D eigenvalue weighted by Gasteiger charge is -2.39. The van der Waals surface area contributed by atoms with Gasteiger partial charge in [-0.25, -0.2) is 4.79 Å². The maximum atomic E-state index is 13.5. The van der Waals surface area contributed by atoms with Gasteiger partial charge in [0.1, 0.15) is 6.04 Å². The molecule has 0 saturated carbocycles. The Morgan fingerprint density at radius 1 is 1.00 bits per heavy atom. The lowest BCUT2D eigenvalue weighted by molar-refractivity contribution is -0.134. The monoisotopic (exact) mass is 510 g/mol. The summed E-state index contributed by atoms with van der Waals surface area (Å²) in [6.45, 7) is 4.23. The summed E-state index contributed by atoms with van der Waals surface area (Å²) < 4.78 is 10.1. The van der Waals surface area contributed by atoms with E-state index in [9.17, 15) is 19.2 Å². The van der Waals surface area contributed by atoms with E-state index in [1.165, 1.54) is 6.26 Å². The van der Waals surface area contributed by atoms with Crippen LogP contribution in [0.3, 0.4) is 0 Å². The zero-order valence-corrected chi connectivity index (χ0v) is 21.1. The molecule has 1 spiro atoms. The van der Waals surface area contributed by atoms with Crippen LogP contribution in [0.4, 0.5) is 4.79 Å². The average molecular weight is 511 g/mol. The summed E-state index contributed by atoms with van der Waals surface area (Å²) in [4.78, 5) is 53.9. The molecule has 10 nitrogen and oxygen atoms in total. The molecule has 0 aliphatic carbocycles. The summed E-state index contributed by atoms with van der Waals surface area (Å²) in [5.41, 5.74) is 0.906. The second-order valence-corrected chi connectivity index (χ2v) is 9.66. The fourth-order valence-corrected chi connectivity index (χ4v) is 5.11. The SMILES string of the molecule is CCOC(=O)N[C@@H](Cc1ccccc1)C(=O)N1CCC2(CCN(C(=O)CNC(=O)c3ccco3)CC2)C1. The molecule has 2 saturated heterocycles. The Morgan fingerprint density at radius 2 is 1.70 bits per heavy atom. The van der Waals surface area contributed by atoms with Crippen molar-refractivity contribution in [2.75, 3.05) is 39.3 Å². The zero-order chi connectivity index (χ0) is 26.3. The number of piperidine rings is 1. The van der Waals surface area contributed by atoms with E-state index in [1.54, 1.807) is 24.0 Å².